The van der Waals surface area contributed by atoms with E-state index in [1.807, 2.05) is 38.1 Å². The van der Waals surface area contributed by atoms with Crippen LogP contribution in [0.3, 0.4) is 0 Å². The molecule has 0 unspecified atom stereocenters. The third-order valence-electron chi connectivity index (χ3n) is 2.97. The molecule has 1 aromatic rings. The molecule has 17 heavy (non-hydrogen) atoms. The predicted octanol–water partition coefficient (Wildman–Crippen LogP) is 3.63. The number of benzene rings is 1. The molecule has 2 rings (SSSR count). The highest BCUT2D eigenvalue weighted by molar-refractivity contribution is 6.30. The number of ether oxygens (including phenoxy) is 1. The van der Waals surface area contributed by atoms with E-state index in [0.717, 1.165) is 18.5 Å². The van der Waals surface area contributed by atoms with Crippen LogP contribution in [0.4, 0.5) is 4.79 Å². The lowest BCUT2D eigenvalue weighted by atomic mass is 10.0. The summed E-state index contributed by atoms with van der Waals surface area (Å²) in [7, 11) is 0. The molecule has 0 saturated carbocycles. The van der Waals surface area contributed by atoms with Gasteiger partial charge in [0, 0.05) is 24.0 Å². The summed E-state index contributed by atoms with van der Waals surface area (Å²) in [5.41, 5.74) is 1.01. The number of rotatable bonds is 2. The minimum Gasteiger partial charge on any atom is -0.441 e. The van der Waals surface area contributed by atoms with Crippen molar-refractivity contribution in [2.24, 2.45) is 0 Å². The monoisotopic (exact) mass is 253 g/mol. The Balaban J connectivity index is 2.07. The van der Waals surface area contributed by atoms with E-state index in [0.29, 0.717) is 5.02 Å². The topological polar surface area (TPSA) is 29.5 Å². The van der Waals surface area contributed by atoms with Crippen molar-refractivity contribution in [2.45, 2.75) is 32.4 Å². The Labute approximate surface area is 106 Å². The summed E-state index contributed by atoms with van der Waals surface area (Å²) in [6, 6.07) is 7.64. The Bertz CT molecular complexity index is 402. The fourth-order valence-corrected chi connectivity index (χ4v) is 2.10. The van der Waals surface area contributed by atoms with E-state index in [2.05, 4.69) is 0 Å². The van der Waals surface area contributed by atoms with Crippen LogP contribution in [0.25, 0.3) is 0 Å². The van der Waals surface area contributed by atoms with Crippen molar-refractivity contribution >= 4 is 17.7 Å². The molecule has 0 aliphatic carbocycles. The van der Waals surface area contributed by atoms with Gasteiger partial charge in [-0.2, -0.15) is 0 Å². The maximum Gasteiger partial charge on any atom is 0.410 e. The van der Waals surface area contributed by atoms with E-state index in [1.165, 1.54) is 0 Å². The lowest BCUT2D eigenvalue weighted by molar-refractivity contribution is 0.0150. The van der Waals surface area contributed by atoms with Crippen LogP contribution in [-0.2, 0) is 4.74 Å². The van der Waals surface area contributed by atoms with Crippen LogP contribution in [0.2, 0.25) is 5.02 Å². The van der Waals surface area contributed by atoms with Crippen molar-refractivity contribution in [2.75, 3.05) is 6.54 Å². The molecule has 3 nitrogen and oxygen atoms in total. The number of carbonyl (C=O) groups excluding carboxylic acids is 1. The summed E-state index contributed by atoms with van der Waals surface area (Å²) in [5, 5.41) is 0.694. The summed E-state index contributed by atoms with van der Waals surface area (Å²) in [5.74, 6) is 0. The van der Waals surface area contributed by atoms with Gasteiger partial charge < -0.3 is 9.64 Å². The van der Waals surface area contributed by atoms with Crippen molar-refractivity contribution in [1.29, 1.82) is 0 Å². The molecule has 0 aromatic heterocycles. The zero-order chi connectivity index (χ0) is 12.4. The van der Waals surface area contributed by atoms with Gasteiger partial charge in [-0.1, -0.05) is 23.7 Å². The molecule has 1 amide bonds. The third-order valence-corrected chi connectivity index (χ3v) is 3.23. The highest BCUT2D eigenvalue weighted by atomic mass is 35.5. The van der Waals surface area contributed by atoms with Crippen LogP contribution in [0.1, 0.15) is 31.9 Å². The van der Waals surface area contributed by atoms with E-state index in [1.54, 1.807) is 4.90 Å². The molecule has 1 aliphatic rings. The number of hydrogen-bond acceptors (Lipinski definition) is 2. The van der Waals surface area contributed by atoms with E-state index in [4.69, 9.17) is 16.3 Å². The maximum atomic E-state index is 11.8. The normalized spacial score (nSPS) is 20.6. The number of halogens is 1. The Morgan fingerprint density at radius 3 is 2.53 bits per heavy atom. The van der Waals surface area contributed by atoms with Gasteiger partial charge >= 0.3 is 6.09 Å². The first-order valence-electron chi connectivity index (χ1n) is 5.80. The summed E-state index contributed by atoms with van der Waals surface area (Å²) in [4.78, 5) is 13.5. The van der Waals surface area contributed by atoms with E-state index < -0.39 is 0 Å². The highest BCUT2D eigenvalue weighted by Gasteiger charge is 2.29. The van der Waals surface area contributed by atoms with Crippen molar-refractivity contribution in [3.05, 3.63) is 34.9 Å². The molecule has 0 radical (unpaired) electrons. The Kier molecular flexibility index (Phi) is 3.57. The second-order valence-electron chi connectivity index (χ2n) is 4.50. The molecule has 92 valence electrons. The molecule has 1 saturated heterocycles. The van der Waals surface area contributed by atoms with Gasteiger partial charge in [0.25, 0.3) is 0 Å². The number of carbonyl (C=O) groups is 1. The average molecular weight is 254 g/mol. The summed E-state index contributed by atoms with van der Waals surface area (Å²) in [6.45, 7) is 4.72. The molecule has 4 heteroatoms. The van der Waals surface area contributed by atoms with Crippen LogP contribution < -0.4 is 0 Å². The van der Waals surface area contributed by atoms with E-state index >= 15 is 0 Å². The Morgan fingerprint density at radius 2 is 2.00 bits per heavy atom. The zero-order valence-corrected chi connectivity index (χ0v) is 10.8. The molecular formula is C13H16ClNO2. The van der Waals surface area contributed by atoms with Gasteiger partial charge in [0.1, 0.15) is 6.10 Å². The Morgan fingerprint density at radius 1 is 1.35 bits per heavy atom. The predicted molar refractivity (Wildman–Crippen MR) is 67.1 cm³/mol. The van der Waals surface area contributed by atoms with Crippen LogP contribution >= 0.6 is 11.6 Å². The first kappa shape index (κ1) is 12.2. The SMILES string of the molecule is CC(C)N1CC[C@@H](c2ccc(Cl)cc2)OC1=O. The first-order chi connectivity index (χ1) is 8.08. The van der Waals surface area contributed by atoms with Crippen molar-refractivity contribution in [1.82, 2.24) is 4.90 Å². The van der Waals surface area contributed by atoms with E-state index in [-0.39, 0.29) is 18.2 Å². The smallest absolute Gasteiger partial charge is 0.410 e. The molecule has 1 heterocycles. The van der Waals surface area contributed by atoms with Gasteiger partial charge in [0.05, 0.1) is 0 Å². The molecule has 0 spiro atoms. The van der Waals surface area contributed by atoms with Crippen LogP contribution in [0.15, 0.2) is 24.3 Å². The number of amides is 1. The summed E-state index contributed by atoms with van der Waals surface area (Å²) >= 11 is 5.83. The van der Waals surface area contributed by atoms with Crippen molar-refractivity contribution in [3.8, 4) is 0 Å². The molecule has 1 aromatic carbocycles. The van der Waals surface area contributed by atoms with Gasteiger partial charge in [-0.05, 0) is 31.5 Å². The second-order valence-corrected chi connectivity index (χ2v) is 4.94. The highest BCUT2D eigenvalue weighted by Crippen LogP contribution is 2.28. The molecule has 0 N–H and O–H groups in total. The van der Waals surface area contributed by atoms with Crippen molar-refractivity contribution < 1.29 is 9.53 Å². The molecule has 1 atom stereocenters. The van der Waals surface area contributed by atoms with Gasteiger partial charge in [-0.25, -0.2) is 4.79 Å². The maximum absolute atomic E-state index is 11.8. The first-order valence-corrected chi connectivity index (χ1v) is 6.18. The minimum atomic E-state index is -0.230. The van der Waals surface area contributed by atoms with Crippen molar-refractivity contribution in [3.63, 3.8) is 0 Å². The molecular weight excluding hydrogens is 238 g/mol. The standard InChI is InChI=1S/C13H16ClNO2/c1-9(2)15-8-7-12(17-13(15)16)10-3-5-11(14)6-4-10/h3-6,9,12H,7-8H2,1-2H3/t12-/m0/s1. The quantitative estimate of drug-likeness (QED) is 0.806. The summed E-state index contributed by atoms with van der Waals surface area (Å²) in [6.07, 6.45) is 0.451. The largest absolute Gasteiger partial charge is 0.441 e. The molecule has 1 fully saturated rings. The molecule has 0 bridgehead atoms. The van der Waals surface area contributed by atoms with Gasteiger partial charge in [0.15, 0.2) is 0 Å². The zero-order valence-electron chi connectivity index (χ0n) is 10.0. The fourth-order valence-electron chi connectivity index (χ4n) is 1.98. The minimum absolute atomic E-state index is 0.144. The average Bonchev–Trinajstić information content (AvgIpc) is 2.29. The van der Waals surface area contributed by atoms with Gasteiger partial charge in [-0.15, -0.1) is 0 Å². The number of cyclic esters (lactones) is 1. The molecule has 1 aliphatic heterocycles. The third kappa shape index (κ3) is 2.72. The lowest BCUT2D eigenvalue weighted by Crippen LogP contribution is -2.43. The van der Waals surface area contributed by atoms with Crippen LogP contribution in [0.5, 0.6) is 0 Å². The number of nitrogens with zero attached hydrogens (tertiary/aromatic N) is 1. The fraction of sp³-hybridized carbons (Fsp3) is 0.462. The van der Waals surface area contributed by atoms with Gasteiger partial charge in [0.2, 0.25) is 0 Å². The van der Waals surface area contributed by atoms with Crippen LogP contribution in [0, 0.1) is 0 Å². The van der Waals surface area contributed by atoms with E-state index in [9.17, 15) is 4.79 Å². The second kappa shape index (κ2) is 4.96. The lowest BCUT2D eigenvalue weighted by Gasteiger charge is -2.34. The van der Waals surface area contributed by atoms with Crippen LogP contribution in [-0.4, -0.2) is 23.6 Å². The Hall–Kier alpha value is -1.22. The summed E-state index contributed by atoms with van der Waals surface area (Å²) < 4.78 is 5.43. The number of hydrogen-bond donors (Lipinski definition) is 0. The van der Waals surface area contributed by atoms with Gasteiger partial charge in [-0.3, -0.25) is 0 Å².